The van der Waals surface area contributed by atoms with Crippen LogP contribution >= 0.6 is 0 Å². The molecule has 3 aliphatic rings. The fourth-order valence-corrected chi connectivity index (χ4v) is 4.94. The van der Waals surface area contributed by atoms with Gasteiger partial charge in [-0.2, -0.15) is 4.98 Å². The number of carbonyl (C=O) groups is 4. The van der Waals surface area contributed by atoms with Gasteiger partial charge < -0.3 is 34.9 Å². The van der Waals surface area contributed by atoms with Crippen LogP contribution in [0.2, 0.25) is 0 Å². The average Bonchev–Trinajstić information content (AvgIpc) is 3.25. The Labute approximate surface area is 223 Å². The fourth-order valence-electron chi connectivity index (χ4n) is 4.94. The third kappa shape index (κ3) is 6.15. The Kier molecular flexibility index (Phi) is 7.98. The zero-order chi connectivity index (χ0) is 27.4. The number of amides is 3. The molecule has 1 aromatic heterocycles. The first-order chi connectivity index (χ1) is 18.9. The summed E-state index contributed by atoms with van der Waals surface area (Å²) < 4.78 is 16.0. The van der Waals surface area contributed by atoms with Crippen molar-refractivity contribution in [3.05, 3.63) is 48.3 Å². The number of morpholine rings is 1. The number of rotatable bonds is 6. The molecule has 3 amide bonds. The van der Waals surface area contributed by atoms with Crippen LogP contribution in [0.1, 0.15) is 42.6 Å². The molecule has 206 valence electrons. The molecule has 1 aromatic carbocycles. The number of ether oxygens (including phenoxy) is 3. The maximum absolute atomic E-state index is 13.8. The van der Waals surface area contributed by atoms with Gasteiger partial charge in [-0.25, -0.2) is 4.98 Å². The first kappa shape index (κ1) is 26.5. The maximum atomic E-state index is 13.8. The molecule has 2 aromatic rings. The summed E-state index contributed by atoms with van der Waals surface area (Å²) in [5.74, 6) is -1.68. The highest BCUT2D eigenvalue weighted by atomic mass is 16.6. The highest BCUT2D eigenvalue weighted by Gasteiger charge is 2.44. The summed E-state index contributed by atoms with van der Waals surface area (Å²) in [7, 11) is 0. The van der Waals surface area contributed by atoms with Gasteiger partial charge in [0.1, 0.15) is 29.6 Å². The summed E-state index contributed by atoms with van der Waals surface area (Å²) in [5, 5.41) is 15.3. The van der Waals surface area contributed by atoms with E-state index in [2.05, 4.69) is 20.6 Å². The van der Waals surface area contributed by atoms with E-state index in [0.29, 0.717) is 25.0 Å². The molecule has 0 bridgehead atoms. The third-order valence-corrected chi connectivity index (χ3v) is 6.88. The third-order valence-electron chi connectivity index (χ3n) is 6.88. The number of hydrogen-bond donors (Lipinski definition) is 3. The molecule has 3 aliphatic heterocycles. The van der Waals surface area contributed by atoms with Crippen molar-refractivity contribution in [2.24, 2.45) is 0 Å². The van der Waals surface area contributed by atoms with Gasteiger partial charge in [-0.15, -0.1) is 0 Å². The molecule has 0 radical (unpaired) electrons. The van der Waals surface area contributed by atoms with Crippen LogP contribution < -0.4 is 15.4 Å². The second-order valence-corrected chi connectivity index (χ2v) is 9.60. The van der Waals surface area contributed by atoms with Crippen LogP contribution in [0, 0.1) is 0 Å². The average molecular weight is 540 g/mol. The molecular formula is C26H29N5O8. The van der Waals surface area contributed by atoms with Crippen molar-refractivity contribution >= 4 is 23.7 Å². The van der Waals surface area contributed by atoms with Crippen LogP contribution in [0.25, 0.3) is 0 Å². The summed E-state index contributed by atoms with van der Waals surface area (Å²) in [4.78, 5) is 61.2. The molecule has 13 nitrogen and oxygen atoms in total. The van der Waals surface area contributed by atoms with E-state index in [9.17, 15) is 24.3 Å². The van der Waals surface area contributed by atoms with E-state index < -0.39 is 48.1 Å². The number of fused-ring (bicyclic) bond motifs is 1. The van der Waals surface area contributed by atoms with E-state index in [4.69, 9.17) is 14.2 Å². The lowest BCUT2D eigenvalue weighted by Gasteiger charge is -2.44. The molecule has 4 heterocycles. The van der Waals surface area contributed by atoms with Crippen molar-refractivity contribution in [3.63, 3.8) is 0 Å². The first-order valence-electron chi connectivity index (χ1n) is 12.8. The molecule has 3 N–H and O–H groups in total. The molecular weight excluding hydrogens is 510 g/mol. The topological polar surface area (TPSA) is 169 Å². The van der Waals surface area contributed by atoms with Crippen LogP contribution in [-0.2, 0) is 23.9 Å². The summed E-state index contributed by atoms with van der Waals surface area (Å²) in [6.07, 6.45) is 2.24. The minimum Gasteiger partial charge on any atom is -0.434 e. The maximum Gasteiger partial charge on any atom is 0.322 e. The molecule has 3 fully saturated rings. The van der Waals surface area contributed by atoms with Crippen molar-refractivity contribution in [1.82, 2.24) is 25.5 Å². The molecule has 0 spiro atoms. The fraction of sp³-hybridized carbons (Fsp3) is 0.462. The molecule has 39 heavy (non-hydrogen) atoms. The molecule has 5 rings (SSSR count). The lowest BCUT2D eigenvalue weighted by atomic mass is 9.95. The summed E-state index contributed by atoms with van der Waals surface area (Å²) in [6.45, 7) is 0.203. The van der Waals surface area contributed by atoms with Crippen LogP contribution in [0.5, 0.6) is 11.8 Å². The van der Waals surface area contributed by atoms with E-state index in [-0.39, 0.29) is 37.4 Å². The molecule has 13 heteroatoms. The van der Waals surface area contributed by atoms with Gasteiger partial charge in [0.15, 0.2) is 0 Å². The van der Waals surface area contributed by atoms with Gasteiger partial charge in [0.2, 0.25) is 18.1 Å². The summed E-state index contributed by atoms with van der Waals surface area (Å²) >= 11 is 0. The number of benzene rings is 1. The smallest absolute Gasteiger partial charge is 0.322 e. The number of cyclic esters (lactones) is 1. The molecule has 3 saturated heterocycles. The Balaban J connectivity index is 1.30. The second kappa shape index (κ2) is 11.7. The monoisotopic (exact) mass is 539 g/mol. The van der Waals surface area contributed by atoms with Crippen molar-refractivity contribution < 1.29 is 38.5 Å². The number of carbonyl (C=O) groups excluding carboxylic acids is 4. The van der Waals surface area contributed by atoms with Gasteiger partial charge in [0.05, 0.1) is 25.7 Å². The van der Waals surface area contributed by atoms with E-state index in [1.165, 1.54) is 17.2 Å². The molecule has 0 saturated carbocycles. The van der Waals surface area contributed by atoms with Gasteiger partial charge in [-0.05, 0) is 31.0 Å². The van der Waals surface area contributed by atoms with Gasteiger partial charge >= 0.3 is 12.0 Å². The Bertz CT molecular complexity index is 1230. The predicted octanol–water partition coefficient (Wildman–Crippen LogP) is 0.287. The normalized spacial score (nSPS) is 27.0. The van der Waals surface area contributed by atoms with Crippen LogP contribution in [0.4, 0.5) is 0 Å². The number of esters is 1. The van der Waals surface area contributed by atoms with E-state index in [0.717, 1.165) is 6.42 Å². The van der Waals surface area contributed by atoms with Crippen LogP contribution in [0.3, 0.4) is 0 Å². The van der Waals surface area contributed by atoms with Crippen molar-refractivity contribution in [2.45, 2.75) is 62.6 Å². The number of hydrogen-bond acceptors (Lipinski definition) is 10. The number of aliphatic hydroxyl groups excluding tert-OH is 1. The minimum atomic E-state index is -1.46. The van der Waals surface area contributed by atoms with Gasteiger partial charge in [-0.3, -0.25) is 19.2 Å². The van der Waals surface area contributed by atoms with Crippen LogP contribution in [-0.4, -0.2) is 87.3 Å². The van der Waals surface area contributed by atoms with E-state index in [1.54, 1.807) is 24.3 Å². The zero-order valence-electron chi connectivity index (χ0n) is 21.0. The Morgan fingerprint density at radius 2 is 1.85 bits per heavy atom. The lowest BCUT2D eigenvalue weighted by Crippen LogP contribution is -2.65. The van der Waals surface area contributed by atoms with E-state index in [1.807, 2.05) is 6.07 Å². The number of nitrogens with zero attached hydrogens (tertiary/aromatic N) is 3. The van der Waals surface area contributed by atoms with Crippen LogP contribution in [0.15, 0.2) is 42.6 Å². The number of para-hydroxylation sites is 1. The Hall–Kier alpha value is -4.10. The number of nitrogens with one attached hydrogen (secondary N) is 2. The largest absolute Gasteiger partial charge is 0.434 e. The quantitative estimate of drug-likeness (QED) is 0.434. The van der Waals surface area contributed by atoms with Crippen molar-refractivity contribution in [1.29, 1.82) is 0 Å². The van der Waals surface area contributed by atoms with Gasteiger partial charge in [-0.1, -0.05) is 31.0 Å². The predicted molar refractivity (Wildman–Crippen MR) is 132 cm³/mol. The Morgan fingerprint density at radius 1 is 1.05 bits per heavy atom. The van der Waals surface area contributed by atoms with Gasteiger partial charge in [0.25, 0.3) is 5.91 Å². The molecule has 5 unspecified atom stereocenters. The standard InChI is InChI=1S/C26H29N5O8/c32-21-12-19(25(36)39-21)29-23(34)20-14-37-13-15-6-4-5-9-18(24(35)31(15)20)28-22(33)17-10-11-27-26(30-17)38-16-7-2-1-3-8-16/h1-3,7-8,10-11,15,18-20,25,36H,4-6,9,12-14H2,(H,28,33)(H,29,34). The van der Waals surface area contributed by atoms with Gasteiger partial charge in [0, 0.05) is 6.20 Å². The van der Waals surface area contributed by atoms with Crippen molar-refractivity contribution in [2.75, 3.05) is 13.2 Å². The molecule has 5 atom stereocenters. The summed E-state index contributed by atoms with van der Waals surface area (Å²) in [5.41, 5.74) is 0.0264. The number of aromatic nitrogens is 2. The molecule has 0 aliphatic carbocycles. The highest BCUT2D eigenvalue weighted by Crippen LogP contribution is 2.25. The number of aliphatic hydroxyl groups is 1. The summed E-state index contributed by atoms with van der Waals surface area (Å²) in [6, 6.07) is 7.11. The highest BCUT2D eigenvalue weighted by molar-refractivity contribution is 5.97. The lowest BCUT2D eigenvalue weighted by molar-refractivity contribution is -0.160. The minimum absolute atomic E-state index is 0.0145. The first-order valence-corrected chi connectivity index (χ1v) is 12.8. The SMILES string of the molecule is O=C1CC(NC(=O)C2COCC3CCCCC(NC(=O)c4ccnc(Oc5ccccc5)n4)C(=O)N32)C(O)O1. The van der Waals surface area contributed by atoms with Crippen molar-refractivity contribution in [3.8, 4) is 11.8 Å². The van der Waals surface area contributed by atoms with E-state index >= 15 is 0 Å². The zero-order valence-corrected chi connectivity index (χ0v) is 21.0. The Morgan fingerprint density at radius 3 is 2.62 bits per heavy atom. The second-order valence-electron chi connectivity index (χ2n) is 9.60.